The van der Waals surface area contributed by atoms with Gasteiger partial charge in [0.05, 0.1) is 16.6 Å². The number of hydrogen-bond acceptors (Lipinski definition) is 5. The van der Waals surface area contributed by atoms with Crippen molar-refractivity contribution in [3.63, 3.8) is 0 Å². The highest BCUT2D eigenvalue weighted by Crippen LogP contribution is 2.19. The summed E-state index contributed by atoms with van der Waals surface area (Å²) in [5.74, 6) is -0.456. The minimum atomic E-state index is -3.69. The van der Waals surface area contributed by atoms with E-state index >= 15 is 0 Å². The van der Waals surface area contributed by atoms with E-state index in [2.05, 4.69) is 20.7 Å². The van der Waals surface area contributed by atoms with Crippen LogP contribution in [0.15, 0.2) is 57.9 Å². The molecule has 1 heterocycles. The van der Waals surface area contributed by atoms with E-state index in [0.717, 1.165) is 17.3 Å². The fourth-order valence-corrected chi connectivity index (χ4v) is 3.85. The predicted molar refractivity (Wildman–Crippen MR) is 101 cm³/mol. The summed E-state index contributed by atoms with van der Waals surface area (Å²) >= 11 is 3.27. The van der Waals surface area contributed by atoms with Gasteiger partial charge in [0, 0.05) is 16.8 Å². The summed E-state index contributed by atoms with van der Waals surface area (Å²) < 4.78 is 38.6. The molecule has 0 saturated carbocycles. The quantitative estimate of drug-likeness (QED) is 0.695. The molecular formula is C18H18BrNO5S. The Morgan fingerprint density at radius 1 is 1.15 bits per heavy atom. The van der Waals surface area contributed by atoms with E-state index in [-0.39, 0.29) is 17.6 Å². The van der Waals surface area contributed by atoms with Crippen LogP contribution in [0.3, 0.4) is 0 Å². The molecular weight excluding hydrogens is 422 g/mol. The van der Waals surface area contributed by atoms with Crippen LogP contribution >= 0.6 is 15.9 Å². The Kier molecular flexibility index (Phi) is 5.95. The van der Waals surface area contributed by atoms with Crippen LogP contribution < -0.4 is 4.72 Å². The van der Waals surface area contributed by atoms with Crippen molar-refractivity contribution in [2.24, 2.45) is 0 Å². The van der Waals surface area contributed by atoms with Gasteiger partial charge in [-0.15, -0.1) is 0 Å². The first kappa shape index (κ1) is 18.9. The minimum absolute atomic E-state index is 0.0315. The van der Waals surface area contributed by atoms with Crippen molar-refractivity contribution < 1.29 is 22.7 Å². The van der Waals surface area contributed by atoms with Crippen LogP contribution in [0.25, 0.3) is 0 Å². The second-order valence-electron chi connectivity index (χ2n) is 5.87. The lowest BCUT2D eigenvalue weighted by Gasteiger charge is -2.11. The highest BCUT2D eigenvalue weighted by molar-refractivity contribution is 9.10. The average molecular weight is 440 g/mol. The summed E-state index contributed by atoms with van der Waals surface area (Å²) in [6.07, 6.45) is 1.84. The van der Waals surface area contributed by atoms with E-state index < -0.39 is 16.0 Å². The predicted octanol–water partition coefficient (Wildman–Crippen LogP) is 3.59. The van der Waals surface area contributed by atoms with E-state index in [0.29, 0.717) is 17.9 Å². The van der Waals surface area contributed by atoms with Crippen molar-refractivity contribution in [1.82, 2.24) is 0 Å². The second-order valence-corrected chi connectivity index (χ2v) is 8.47. The molecule has 0 amide bonds. The first-order valence-corrected chi connectivity index (χ1v) is 10.4. The fourth-order valence-electron chi connectivity index (χ4n) is 2.53. The van der Waals surface area contributed by atoms with E-state index in [4.69, 9.17) is 9.47 Å². The van der Waals surface area contributed by atoms with Crippen LogP contribution in [-0.4, -0.2) is 33.7 Å². The number of halogens is 1. The molecule has 8 heteroatoms. The molecule has 2 aromatic carbocycles. The van der Waals surface area contributed by atoms with Gasteiger partial charge in [-0.1, -0.05) is 15.9 Å². The van der Waals surface area contributed by atoms with Crippen LogP contribution in [0, 0.1) is 0 Å². The molecule has 1 fully saturated rings. The Hall–Kier alpha value is -1.90. The molecule has 0 bridgehead atoms. The number of nitrogens with one attached hydrogen (secondary N) is 1. The molecule has 0 spiro atoms. The van der Waals surface area contributed by atoms with Crippen LogP contribution in [-0.2, 0) is 19.5 Å². The molecule has 2 aromatic rings. The van der Waals surface area contributed by atoms with Crippen molar-refractivity contribution in [3.05, 3.63) is 58.6 Å². The maximum atomic E-state index is 12.3. The average Bonchev–Trinajstić information content (AvgIpc) is 3.14. The molecule has 0 aromatic heterocycles. The molecule has 0 unspecified atom stereocenters. The Balaban J connectivity index is 1.61. The number of benzene rings is 2. The molecule has 138 valence electrons. The number of sulfonamides is 1. The molecule has 1 aliphatic heterocycles. The molecule has 1 saturated heterocycles. The lowest BCUT2D eigenvalue weighted by atomic mass is 10.2. The zero-order chi connectivity index (χ0) is 18.6. The normalized spacial score (nSPS) is 17.0. The number of carbonyl (C=O) groups excluding carboxylic acids is 1. The van der Waals surface area contributed by atoms with Gasteiger partial charge in [-0.25, -0.2) is 13.2 Å². The van der Waals surface area contributed by atoms with Crippen molar-refractivity contribution in [1.29, 1.82) is 0 Å². The van der Waals surface area contributed by atoms with Gasteiger partial charge in [0.1, 0.15) is 6.61 Å². The number of rotatable bonds is 6. The molecule has 1 atom stereocenters. The van der Waals surface area contributed by atoms with Gasteiger partial charge < -0.3 is 9.47 Å². The lowest BCUT2D eigenvalue weighted by molar-refractivity contribution is 0.0161. The van der Waals surface area contributed by atoms with Gasteiger partial charge >= 0.3 is 5.97 Å². The first-order chi connectivity index (χ1) is 12.4. The van der Waals surface area contributed by atoms with E-state index in [1.54, 1.807) is 12.1 Å². The highest BCUT2D eigenvalue weighted by Gasteiger charge is 2.18. The van der Waals surface area contributed by atoms with Gasteiger partial charge in [0.25, 0.3) is 10.0 Å². The minimum Gasteiger partial charge on any atom is -0.459 e. The van der Waals surface area contributed by atoms with Crippen LogP contribution in [0.4, 0.5) is 5.69 Å². The Labute approximate surface area is 160 Å². The third-order valence-electron chi connectivity index (χ3n) is 3.92. The van der Waals surface area contributed by atoms with E-state index in [1.165, 1.54) is 36.4 Å². The highest BCUT2D eigenvalue weighted by atomic mass is 79.9. The first-order valence-electron chi connectivity index (χ1n) is 8.11. The van der Waals surface area contributed by atoms with Crippen molar-refractivity contribution in [2.75, 3.05) is 17.9 Å². The zero-order valence-corrected chi connectivity index (χ0v) is 16.3. The Morgan fingerprint density at radius 2 is 1.85 bits per heavy atom. The summed E-state index contributed by atoms with van der Waals surface area (Å²) in [5.41, 5.74) is 0.721. The Bertz CT molecular complexity index is 859. The van der Waals surface area contributed by atoms with Gasteiger partial charge in [-0.3, -0.25) is 4.72 Å². The number of esters is 1. The van der Waals surface area contributed by atoms with Gasteiger partial charge in [-0.05, 0) is 61.4 Å². The molecule has 6 nitrogen and oxygen atoms in total. The zero-order valence-electron chi connectivity index (χ0n) is 13.9. The summed E-state index contributed by atoms with van der Waals surface area (Å²) in [7, 11) is -3.69. The third kappa shape index (κ3) is 4.84. The van der Waals surface area contributed by atoms with Gasteiger partial charge in [0.2, 0.25) is 0 Å². The molecule has 3 rings (SSSR count). The molecule has 1 aliphatic rings. The maximum Gasteiger partial charge on any atom is 0.338 e. The number of carbonyl (C=O) groups is 1. The summed E-state index contributed by atoms with van der Waals surface area (Å²) in [5, 5.41) is 0. The summed E-state index contributed by atoms with van der Waals surface area (Å²) in [6.45, 7) is 0.937. The van der Waals surface area contributed by atoms with E-state index in [1.807, 2.05) is 0 Å². The number of hydrogen-bond donors (Lipinski definition) is 1. The SMILES string of the molecule is O=C(OC[C@@H]1CCCO1)c1ccc(NS(=O)(=O)c2ccc(Br)cc2)cc1. The van der Waals surface area contributed by atoms with Gasteiger partial charge in [0.15, 0.2) is 0 Å². The van der Waals surface area contributed by atoms with Crippen LogP contribution in [0.2, 0.25) is 0 Å². The van der Waals surface area contributed by atoms with Crippen LogP contribution in [0.1, 0.15) is 23.2 Å². The second kappa shape index (κ2) is 8.20. The molecule has 0 radical (unpaired) electrons. The van der Waals surface area contributed by atoms with Crippen molar-refractivity contribution in [3.8, 4) is 0 Å². The third-order valence-corrected chi connectivity index (χ3v) is 5.85. The standard InChI is InChI=1S/C18H18BrNO5S/c19-14-5-9-17(10-6-14)26(22,23)20-15-7-3-13(4-8-15)18(21)25-12-16-2-1-11-24-16/h3-10,16,20H,1-2,11-12H2/t16-/m0/s1. The van der Waals surface area contributed by atoms with Gasteiger partial charge in [-0.2, -0.15) is 0 Å². The summed E-state index contributed by atoms with van der Waals surface area (Å²) in [6, 6.07) is 12.4. The Morgan fingerprint density at radius 3 is 2.46 bits per heavy atom. The van der Waals surface area contributed by atoms with E-state index in [9.17, 15) is 13.2 Å². The maximum absolute atomic E-state index is 12.3. The number of anilines is 1. The fraction of sp³-hybridized carbons (Fsp3) is 0.278. The number of ether oxygens (including phenoxy) is 2. The van der Waals surface area contributed by atoms with Crippen LogP contribution in [0.5, 0.6) is 0 Å². The van der Waals surface area contributed by atoms with Crippen molar-refractivity contribution >= 4 is 37.6 Å². The molecule has 0 aliphatic carbocycles. The smallest absolute Gasteiger partial charge is 0.338 e. The van der Waals surface area contributed by atoms with Crippen molar-refractivity contribution in [2.45, 2.75) is 23.8 Å². The lowest BCUT2D eigenvalue weighted by Crippen LogP contribution is -2.18. The molecule has 26 heavy (non-hydrogen) atoms. The monoisotopic (exact) mass is 439 g/mol. The molecule has 1 N–H and O–H groups in total. The topological polar surface area (TPSA) is 81.7 Å². The largest absolute Gasteiger partial charge is 0.459 e. The summed E-state index contributed by atoms with van der Waals surface area (Å²) in [4.78, 5) is 12.2.